The number of likely N-dealkylation sites (N-methyl/N-ethyl adjacent to an activating group) is 1. The maximum Gasteiger partial charge on any atom is 0.265 e. The minimum absolute atomic E-state index is 0.280. The topological polar surface area (TPSA) is 66.4 Å². The lowest BCUT2D eigenvalue weighted by Gasteiger charge is -2.15. The molecule has 1 aromatic rings. The Hall–Kier alpha value is -0.620. The summed E-state index contributed by atoms with van der Waals surface area (Å²) in [5.41, 5.74) is 0.830. The number of hydrogen-bond acceptors (Lipinski definition) is 3. The summed E-state index contributed by atoms with van der Waals surface area (Å²) in [4.78, 5) is 0. The molecule has 0 aliphatic heterocycles. The lowest BCUT2D eigenvalue weighted by atomic mass is 10.0. The van der Waals surface area contributed by atoms with Crippen molar-refractivity contribution < 1.29 is 13.0 Å². The smallest absolute Gasteiger partial charge is 0.265 e. The van der Waals surface area contributed by atoms with E-state index in [0.29, 0.717) is 11.6 Å². The molecule has 0 aliphatic rings. The average Bonchev–Trinajstić information content (AvgIpc) is 2.16. The highest BCUT2D eigenvalue weighted by molar-refractivity contribution is 7.85. The zero-order valence-electron chi connectivity index (χ0n) is 8.85. The molecule has 1 rings (SSSR count). The lowest BCUT2D eigenvalue weighted by molar-refractivity contribution is 0.475. The van der Waals surface area contributed by atoms with E-state index >= 15 is 0 Å². The van der Waals surface area contributed by atoms with Crippen LogP contribution in [0.3, 0.4) is 0 Å². The Bertz CT molecular complexity index is 430. The van der Waals surface area contributed by atoms with E-state index in [4.69, 9.17) is 16.2 Å². The highest BCUT2D eigenvalue weighted by Crippen LogP contribution is 2.19. The molecule has 0 amide bonds. The van der Waals surface area contributed by atoms with E-state index < -0.39 is 10.1 Å². The highest BCUT2D eigenvalue weighted by Gasteiger charge is 2.18. The molecule has 16 heavy (non-hydrogen) atoms. The van der Waals surface area contributed by atoms with Gasteiger partial charge in [-0.3, -0.25) is 4.55 Å². The van der Waals surface area contributed by atoms with E-state index in [-0.39, 0.29) is 11.7 Å². The van der Waals surface area contributed by atoms with Gasteiger partial charge in [0.1, 0.15) is 0 Å². The maximum absolute atomic E-state index is 10.9. The monoisotopic (exact) mass is 263 g/mol. The second-order valence-corrected chi connectivity index (χ2v) is 5.49. The third kappa shape index (κ3) is 4.49. The van der Waals surface area contributed by atoms with Gasteiger partial charge in [0, 0.05) is 17.5 Å². The molecule has 0 fully saturated rings. The molecular weight excluding hydrogens is 250 g/mol. The minimum atomic E-state index is -3.98. The SMILES string of the molecule is CNCC(CS(=O)(=O)O)c1ccc(Cl)cc1. The summed E-state index contributed by atoms with van der Waals surface area (Å²) in [7, 11) is -2.25. The summed E-state index contributed by atoms with van der Waals surface area (Å²) < 4.78 is 30.6. The van der Waals surface area contributed by atoms with Crippen molar-refractivity contribution in [2.24, 2.45) is 0 Å². The Kier molecular flexibility index (Phi) is 4.73. The largest absolute Gasteiger partial charge is 0.319 e. The zero-order valence-corrected chi connectivity index (χ0v) is 10.4. The molecule has 0 saturated carbocycles. The minimum Gasteiger partial charge on any atom is -0.319 e. The predicted octanol–water partition coefficient (Wildman–Crippen LogP) is 1.53. The molecular formula is C10H14ClNO3S. The van der Waals surface area contributed by atoms with Crippen LogP contribution in [0.25, 0.3) is 0 Å². The second-order valence-electron chi connectivity index (χ2n) is 3.55. The molecule has 6 heteroatoms. The van der Waals surface area contributed by atoms with Crippen LogP contribution in [0.1, 0.15) is 11.5 Å². The van der Waals surface area contributed by atoms with Crippen molar-refractivity contribution in [3.63, 3.8) is 0 Å². The Morgan fingerprint density at radius 1 is 1.38 bits per heavy atom. The predicted molar refractivity (Wildman–Crippen MR) is 64.5 cm³/mol. The van der Waals surface area contributed by atoms with Gasteiger partial charge in [-0.2, -0.15) is 8.42 Å². The van der Waals surface area contributed by atoms with Gasteiger partial charge < -0.3 is 5.32 Å². The fourth-order valence-electron chi connectivity index (χ4n) is 1.51. The Labute approximate surface area is 100 Å². The molecule has 4 nitrogen and oxygen atoms in total. The van der Waals surface area contributed by atoms with Crippen LogP contribution >= 0.6 is 11.6 Å². The highest BCUT2D eigenvalue weighted by atomic mass is 35.5. The number of halogens is 1. The van der Waals surface area contributed by atoms with Crippen LogP contribution in [-0.2, 0) is 10.1 Å². The Morgan fingerprint density at radius 3 is 2.38 bits per heavy atom. The van der Waals surface area contributed by atoms with Crippen LogP contribution in [0.2, 0.25) is 5.02 Å². The first-order chi connectivity index (χ1) is 7.42. The van der Waals surface area contributed by atoms with Gasteiger partial charge in [-0.15, -0.1) is 0 Å². The van der Waals surface area contributed by atoms with Gasteiger partial charge in [-0.05, 0) is 24.7 Å². The summed E-state index contributed by atoms with van der Waals surface area (Å²) in [5.74, 6) is -0.576. The van der Waals surface area contributed by atoms with Gasteiger partial charge in [-0.1, -0.05) is 23.7 Å². The fraction of sp³-hybridized carbons (Fsp3) is 0.400. The Morgan fingerprint density at radius 2 is 1.94 bits per heavy atom. The molecule has 0 bridgehead atoms. The summed E-state index contributed by atoms with van der Waals surface area (Å²) in [6.07, 6.45) is 0. The molecule has 0 aliphatic carbocycles. The molecule has 90 valence electrons. The molecule has 0 saturated heterocycles. The molecule has 0 heterocycles. The summed E-state index contributed by atoms with van der Waals surface area (Å²) in [6.45, 7) is 0.474. The van der Waals surface area contributed by atoms with Crippen molar-refractivity contribution in [3.8, 4) is 0 Å². The standard InChI is InChI=1S/C10H14ClNO3S/c1-12-6-9(7-16(13,14)15)8-2-4-10(11)5-3-8/h2-5,9,12H,6-7H2,1H3,(H,13,14,15). The molecule has 0 radical (unpaired) electrons. The molecule has 2 N–H and O–H groups in total. The summed E-state index contributed by atoms with van der Waals surface area (Å²) >= 11 is 5.74. The first-order valence-electron chi connectivity index (χ1n) is 4.77. The van der Waals surface area contributed by atoms with E-state index in [0.717, 1.165) is 5.56 Å². The normalized spacial score (nSPS) is 13.7. The van der Waals surface area contributed by atoms with Gasteiger partial charge in [0.15, 0.2) is 0 Å². The number of hydrogen-bond donors (Lipinski definition) is 2. The van der Waals surface area contributed by atoms with Crippen molar-refractivity contribution in [3.05, 3.63) is 34.9 Å². The van der Waals surface area contributed by atoms with Crippen LogP contribution < -0.4 is 5.32 Å². The van der Waals surface area contributed by atoms with Crippen molar-refractivity contribution in [2.45, 2.75) is 5.92 Å². The van der Waals surface area contributed by atoms with E-state index in [9.17, 15) is 8.42 Å². The summed E-state index contributed by atoms with van der Waals surface area (Å²) in [5, 5.41) is 3.49. The molecule has 1 aromatic carbocycles. The molecule has 0 spiro atoms. The van der Waals surface area contributed by atoms with E-state index in [2.05, 4.69) is 5.32 Å². The quantitative estimate of drug-likeness (QED) is 0.791. The fourth-order valence-corrected chi connectivity index (χ4v) is 2.45. The lowest BCUT2D eigenvalue weighted by Crippen LogP contribution is -2.24. The van der Waals surface area contributed by atoms with Crippen LogP contribution in [0.5, 0.6) is 0 Å². The van der Waals surface area contributed by atoms with E-state index in [1.165, 1.54) is 0 Å². The zero-order chi connectivity index (χ0) is 12.2. The van der Waals surface area contributed by atoms with Crippen molar-refractivity contribution in [1.82, 2.24) is 5.32 Å². The number of rotatable bonds is 5. The van der Waals surface area contributed by atoms with Gasteiger partial charge in [0.05, 0.1) is 5.75 Å². The van der Waals surface area contributed by atoms with Crippen LogP contribution in [0, 0.1) is 0 Å². The Balaban J connectivity index is 2.89. The first-order valence-corrected chi connectivity index (χ1v) is 6.76. The number of benzene rings is 1. The first kappa shape index (κ1) is 13.4. The van der Waals surface area contributed by atoms with Gasteiger partial charge in [0.2, 0.25) is 0 Å². The molecule has 1 unspecified atom stereocenters. The second kappa shape index (κ2) is 5.63. The van der Waals surface area contributed by atoms with Gasteiger partial charge in [0.25, 0.3) is 10.1 Å². The third-order valence-corrected chi connectivity index (χ3v) is 3.28. The van der Waals surface area contributed by atoms with E-state index in [1.807, 2.05) is 0 Å². The summed E-state index contributed by atoms with van der Waals surface area (Å²) in [6, 6.07) is 6.91. The number of nitrogens with one attached hydrogen (secondary N) is 1. The third-order valence-electron chi connectivity index (χ3n) is 2.20. The van der Waals surface area contributed by atoms with Gasteiger partial charge in [-0.25, -0.2) is 0 Å². The average molecular weight is 264 g/mol. The van der Waals surface area contributed by atoms with Crippen LogP contribution in [0.4, 0.5) is 0 Å². The van der Waals surface area contributed by atoms with Gasteiger partial charge >= 0.3 is 0 Å². The van der Waals surface area contributed by atoms with E-state index in [1.54, 1.807) is 31.3 Å². The van der Waals surface area contributed by atoms with Crippen molar-refractivity contribution in [1.29, 1.82) is 0 Å². The van der Waals surface area contributed by atoms with Crippen LogP contribution in [0.15, 0.2) is 24.3 Å². The maximum atomic E-state index is 10.9. The molecule has 0 aromatic heterocycles. The van der Waals surface area contributed by atoms with Crippen LogP contribution in [-0.4, -0.2) is 32.3 Å². The molecule has 1 atom stereocenters. The van der Waals surface area contributed by atoms with Crippen molar-refractivity contribution in [2.75, 3.05) is 19.3 Å². The van der Waals surface area contributed by atoms with Crippen molar-refractivity contribution >= 4 is 21.7 Å².